The third-order valence-electron chi connectivity index (χ3n) is 4.43. The molecule has 0 unspecified atom stereocenters. The van der Waals surface area contributed by atoms with E-state index < -0.39 is 11.8 Å². The molecule has 3 rings (SSSR count). The Bertz CT molecular complexity index is 1150. The first-order valence-electron chi connectivity index (χ1n) is 10.3. The predicted molar refractivity (Wildman–Crippen MR) is 132 cm³/mol. The van der Waals surface area contributed by atoms with Gasteiger partial charge in [-0.15, -0.1) is 0 Å². The highest BCUT2D eigenvalue weighted by Gasteiger charge is 2.13. The molecule has 0 saturated carbocycles. The van der Waals surface area contributed by atoms with Crippen LogP contribution in [-0.2, 0) is 16.2 Å². The van der Waals surface area contributed by atoms with Crippen molar-refractivity contribution in [3.63, 3.8) is 0 Å². The van der Waals surface area contributed by atoms with Crippen LogP contribution in [0.15, 0.2) is 76.3 Å². The Morgan fingerprint density at radius 2 is 1.76 bits per heavy atom. The molecule has 0 radical (unpaired) electrons. The average molecular weight is 510 g/mol. The number of hydrogen-bond acceptors (Lipinski definition) is 5. The molecule has 0 aliphatic carbocycles. The maximum Gasteiger partial charge on any atom is 0.329 e. The van der Waals surface area contributed by atoms with E-state index in [9.17, 15) is 9.59 Å². The molecule has 33 heavy (non-hydrogen) atoms. The van der Waals surface area contributed by atoms with Gasteiger partial charge < -0.3 is 14.8 Å². The van der Waals surface area contributed by atoms with Crippen molar-refractivity contribution in [1.82, 2.24) is 5.43 Å². The molecule has 0 bridgehead atoms. The second-order valence-corrected chi connectivity index (χ2v) is 7.99. The van der Waals surface area contributed by atoms with Crippen molar-refractivity contribution in [3.05, 3.63) is 87.9 Å². The van der Waals surface area contributed by atoms with Crippen molar-refractivity contribution in [1.29, 1.82) is 0 Å². The summed E-state index contributed by atoms with van der Waals surface area (Å²) in [4.78, 5) is 24.0. The van der Waals surface area contributed by atoms with Crippen molar-refractivity contribution in [2.75, 3.05) is 11.9 Å². The second kappa shape index (κ2) is 11.8. The second-order valence-electron chi connectivity index (χ2n) is 7.08. The van der Waals surface area contributed by atoms with E-state index in [1.165, 1.54) is 11.8 Å². The van der Waals surface area contributed by atoms with Gasteiger partial charge in [0.1, 0.15) is 6.61 Å². The van der Waals surface area contributed by atoms with Crippen molar-refractivity contribution >= 4 is 39.6 Å². The summed E-state index contributed by atoms with van der Waals surface area (Å²) in [5, 5.41) is 6.36. The van der Waals surface area contributed by atoms with Crippen LogP contribution in [0.25, 0.3) is 0 Å². The fourth-order valence-electron chi connectivity index (χ4n) is 2.89. The smallest absolute Gasteiger partial charge is 0.329 e. The quantitative estimate of drug-likeness (QED) is 0.258. The van der Waals surface area contributed by atoms with Crippen LogP contribution in [0.4, 0.5) is 5.69 Å². The van der Waals surface area contributed by atoms with Gasteiger partial charge in [-0.2, -0.15) is 5.10 Å². The van der Waals surface area contributed by atoms with Gasteiger partial charge in [0.25, 0.3) is 0 Å². The Labute approximate surface area is 200 Å². The molecule has 3 aromatic carbocycles. The number of rotatable bonds is 8. The van der Waals surface area contributed by atoms with E-state index in [0.717, 1.165) is 10.0 Å². The third-order valence-corrected chi connectivity index (χ3v) is 4.96. The number of nitrogens with one attached hydrogen (secondary N) is 2. The van der Waals surface area contributed by atoms with Gasteiger partial charge in [-0.05, 0) is 67.4 Å². The Balaban J connectivity index is 1.59. The minimum Gasteiger partial charge on any atom is -0.490 e. The lowest BCUT2D eigenvalue weighted by Crippen LogP contribution is -2.32. The molecule has 170 valence electrons. The average Bonchev–Trinajstić information content (AvgIpc) is 2.80. The number of hydrogen-bond donors (Lipinski definition) is 2. The van der Waals surface area contributed by atoms with E-state index in [-0.39, 0.29) is 0 Å². The van der Waals surface area contributed by atoms with Crippen molar-refractivity contribution in [2.45, 2.75) is 20.5 Å². The number of benzene rings is 3. The summed E-state index contributed by atoms with van der Waals surface area (Å²) >= 11 is 3.31. The van der Waals surface area contributed by atoms with Gasteiger partial charge in [0, 0.05) is 10.2 Å². The Kier molecular flexibility index (Phi) is 8.60. The predicted octanol–water partition coefficient (Wildman–Crippen LogP) is 4.82. The number of carbonyl (C=O) groups excluding carboxylic acids is 2. The number of carbonyl (C=O) groups is 2. The Morgan fingerprint density at radius 3 is 2.48 bits per heavy atom. The number of amides is 2. The fourth-order valence-corrected chi connectivity index (χ4v) is 3.16. The zero-order chi connectivity index (χ0) is 23.6. The van der Waals surface area contributed by atoms with E-state index in [1.807, 2.05) is 32.0 Å². The van der Waals surface area contributed by atoms with Gasteiger partial charge in [0.2, 0.25) is 0 Å². The Hall–Kier alpha value is -3.65. The fraction of sp³-hybridized carbons (Fsp3) is 0.160. The molecule has 0 aliphatic rings. The molecule has 0 aliphatic heterocycles. The highest BCUT2D eigenvalue weighted by atomic mass is 79.9. The molecular formula is C25H24BrN3O4. The molecule has 0 heterocycles. The van der Waals surface area contributed by atoms with Crippen molar-refractivity contribution < 1.29 is 19.1 Å². The Morgan fingerprint density at radius 1 is 0.970 bits per heavy atom. The summed E-state index contributed by atoms with van der Waals surface area (Å²) in [5.74, 6) is -0.525. The van der Waals surface area contributed by atoms with Crippen LogP contribution < -0.4 is 20.2 Å². The van der Waals surface area contributed by atoms with E-state index >= 15 is 0 Å². The summed E-state index contributed by atoms with van der Waals surface area (Å²) in [5.41, 5.74) is 5.63. The number of anilines is 1. The number of aryl methyl sites for hydroxylation is 1. The van der Waals surface area contributed by atoms with E-state index in [0.29, 0.717) is 36.0 Å². The monoisotopic (exact) mass is 509 g/mol. The van der Waals surface area contributed by atoms with E-state index in [2.05, 4.69) is 37.8 Å². The molecule has 3 aromatic rings. The SMILES string of the molecule is CCOc1cc(C=NNC(=O)C(=O)Nc2ccc(Br)cc2)ccc1OCc1cccc(C)c1. The largest absolute Gasteiger partial charge is 0.490 e. The van der Waals surface area contributed by atoms with Crippen LogP contribution in [0.1, 0.15) is 23.6 Å². The summed E-state index contributed by atoms with van der Waals surface area (Å²) in [6, 6.07) is 20.3. The van der Waals surface area contributed by atoms with Gasteiger partial charge in [-0.3, -0.25) is 9.59 Å². The normalized spacial score (nSPS) is 10.6. The van der Waals surface area contributed by atoms with Gasteiger partial charge in [0.15, 0.2) is 11.5 Å². The molecule has 0 aromatic heterocycles. The lowest BCUT2D eigenvalue weighted by atomic mass is 10.1. The van der Waals surface area contributed by atoms with Gasteiger partial charge >= 0.3 is 11.8 Å². The molecule has 0 spiro atoms. The third kappa shape index (κ3) is 7.47. The lowest BCUT2D eigenvalue weighted by molar-refractivity contribution is -0.136. The number of hydrazone groups is 1. The van der Waals surface area contributed by atoms with Crippen molar-refractivity contribution in [2.24, 2.45) is 5.10 Å². The highest BCUT2D eigenvalue weighted by Crippen LogP contribution is 2.29. The first-order chi connectivity index (χ1) is 15.9. The summed E-state index contributed by atoms with van der Waals surface area (Å²) < 4.78 is 12.5. The number of ether oxygens (including phenoxy) is 2. The number of halogens is 1. The van der Waals surface area contributed by atoms with Crippen LogP contribution in [0.2, 0.25) is 0 Å². The molecule has 2 N–H and O–H groups in total. The molecule has 0 atom stereocenters. The van der Waals surface area contributed by atoms with Crippen molar-refractivity contribution in [3.8, 4) is 11.5 Å². The topological polar surface area (TPSA) is 89.0 Å². The summed E-state index contributed by atoms with van der Waals surface area (Å²) in [6.45, 7) is 4.80. The van der Waals surface area contributed by atoms with Crippen LogP contribution >= 0.6 is 15.9 Å². The van der Waals surface area contributed by atoms with Crippen LogP contribution in [0.5, 0.6) is 11.5 Å². The standard InChI is InChI=1S/C25H24BrN3O4/c1-3-32-23-14-18(7-12-22(23)33-16-19-6-4-5-17(2)13-19)15-27-29-25(31)24(30)28-21-10-8-20(26)9-11-21/h4-15H,3,16H2,1-2H3,(H,28,30)(H,29,31). The van der Waals surface area contributed by atoms with Gasteiger partial charge in [0.05, 0.1) is 12.8 Å². The first kappa shape index (κ1) is 24.0. The van der Waals surface area contributed by atoms with Crippen LogP contribution in [0.3, 0.4) is 0 Å². The van der Waals surface area contributed by atoms with Gasteiger partial charge in [-0.25, -0.2) is 5.43 Å². The first-order valence-corrected chi connectivity index (χ1v) is 11.1. The summed E-state index contributed by atoms with van der Waals surface area (Å²) in [6.07, 6.45) is 1.43. The summed E-state index contributed by atoms with van der Waals surface area (Å²) in [7, 11) is 0. The minimum atomic E-state index is -0.877. The van der Waals surface area contributed by atoms with E-state index in [4.69, 9.17) is 9.47 Å². The molecular weight excluding hydrogens is 486 g/mol. The molecule has 7 nitrogen and oxygen atoms in total. The minimum absolute atomic E-state index is 0.415. The zero-order valence-electron chi connectivity index (χ0n) is 18.3. The maximum atomic E-state index is 12.0. The molecule has 0 saturated heterocycles. The maximum absolute atomic E-state index is 12.0. The number of nitrogens with zero attached hydrogens (tertiary/aromatic N) is 1. The lowest BCUT2D eigenvalue weighted by Gasteiger charge is -2.13. The van der Waals surface area contributed by atoms with Crippen LogP contribution in [-0.4, -0.2) is 24.6 Å². The van der Waals surface area contributed by atoms with Gasteiger partial charge in [-0.1, -0.05) is 45.8 Å². The van der Waals surface area contributed by atoms with Crippen LogP contribution in [0, 0.1) is 6.92 Å². The highest BCUT2D eigenvalue weighted by molar-refractivity contribution is 9.10. The van der Waals surface area contributed by atoms with E-state index in [1.54, 1.807) is 42.5 Å². The molecule has 8 heteroatoms. The molecule has 0 fully saturated rings. The molecule has 2 amide bonds. The zero-order valence-corrected chi connectivity index (χ0v) is 19.9.